The van der Waals surface area contributed by atoms with Crippen LogP contribution in [0.5, 0.6) is 0 Å². The van der Waals surface area contributed by atoms with Crippen molar-refractivity contribution in [2.75, 3.05) is 23.3 Å². The number of nitrogens with one attached hydrogen (secondary N) is 1. The molecule has 0 saturated carbocycles. The third-order valence-electron chi connectivity index (χ3n) is 6.05. The molecule has 0 bridgehead atoms. The van der Waals surface area contributed by atoms with Crippen molar-refractivity contribution in [1.29, 1.82) is 0 Å². The predicted molar refractivity (Wildman–Crippen MR) is 120 cm³/mol. The Balaban J connectivity index is 1.43. The second kappa shape index (κ2) is 7.83. The second-order valence-electron chi connectivity index (χ2n) is 8.09. The van der Waals surface area contributed by atoms with E-state index in [0.29, 0.717) is 32.9 Å². The smallest absolute Gasteiger partial charge is 0.266 e. The van der Waals surface area contributed by atoms with Gasteiger partial charge in [-0.25, -0.2) is 9.97 Å². The maximum absolute atomic E-state index is 13.1. The van der Waals surface area contributed by atoms with Crippen LogP contribution >= 0.6 is 11.3 Å². The van der Waals surface area contributed by atoms with Crippen LogP contribution in [0.15, 0.2) is 23.1 Å². The van der Waals surface area contributed by atoms with Gasteiger partial charge in [0.1, 0.15) is 16.5 Å². The highest BCUT2D eigenvalue weighted by atomic mass is 32.1. The van der Waals surface area contributed by atoms with E-state index in [1.165, 1.54) is 24.2 Å². The van der Waals surface area contributed by atoms with Crippen molar-refractivity contribution < 1.29 is 4.79 Å². The van der Waals surface area contributed by atoms with E-state index in [9.17, 15) is 9.59 Å². The average molecular weight is 424 g/mol. The van der Waals surface area contributed by atoms with E-state index in [1.54, 1.807) is 10.8 Å². The molecule has 0 spiro atoms. The van der Waals surface area contributed by atoms with Crippen LogP contribution in [-0.4, -0.2) is 33.5 Å². The lowest BCUT2D eigenvalue weighted by Gasteiger charge is -2.16. The first-order chi connectivity index (χ1) is 14.6. The van der Waals surface area contributed by atoms with Crippen molar-refractivity contribution >= 4 is 39.0 Å². The molecule has 1 N–H and O–H groups in total. The van der Waals surface area contributed by atoms with Gasteiger partial charge in [0, 0.05) is 26.1 Å². The SMILES string of the molecule is Cc1c(C(=O)Nc2ccc(N3CCCC3)nc2)sc2nc3n(c(=O)c12)CCCCC3. The van der Waals surface area contributed by atoms with Gasteiger partial charge >= 0.3 is 0 Å². The van der Waals surface area contributed by atoms with Gasteiger partial charge in [0.2, 0.25) is 0 Å². The van der Waals surface area contributed by atoms with E-state index in [0.717, 1.165) is 50.4 Å². The zero-order chi connectivity index (χ0) is 20.7. The van der Waals surface area contributed by atoms with Gasteiger partial charge in [0.25, 0.3) is 11.5 Å². The Bertz CT molecular complexity index is 1160. The zero-order valence-corrected chi connectivity index (χ0v) is 17.9. The Morgan fingerprint density at radius 2 is 1.90 bits per heavy atom. The average Bonchev–Trinajstić information content (AvgIpc) is 3.32. The Morgan fingerprint density at radius 3 is 2.67 bits per heavy atom. The molecule has 1 amide bonds. The van der Waals surface area contributed by atoms with Crippen molar-refractivity contribution in [2.45, 2.75) is 52.0 Å². The summed E-state index contributed by atoms with van der Waals surface area (Å²) in [7, 11) is 0. The van der Waals surface area contributed by atoms with E-state index in [1.807, 2.05) is 19.1 Å². The fourth-order valence-corrected chi connectivity index (χ4v) is 5.49. The van der Waals surface area contributed by atoms with Gasteiger partial charge in [0.05, 0.1) is 22.1 Å². The number of pyridine rings is 1. The summed E-state index contributed by atoms with van der Waals surface area (Å²) < 4.78 is 1.80. The summed E-state index contributed by atoms with van der Waals surface area (Å²) in [4.78, 5) is 38.7. The molecule has 5 heterocycles. The van der Waals surface area contributed by atoms with Crippen molar-refractivity contribution in [3.8, 4) is 0 Å². The van der Waals surface area contributed by atoms with Gasteiger partial charge in [0.15, 0.2) is 0 Å². The van der Waals surface area contributed by atoms with Crippen LogP contribution in [0.3, 0.4) is 0 Å². The van der Waals surface area contributed by atoms with E-state index in [-0.39, 0.29) is 11.5 Å². The van der Waals surface area contributed by atoms with Crippen LogP contribution in [0.4, 0.5) is 11.5 Å². The number of nitrogens with zero attached hydrogens (tertiary/aromatic N) is 4. The summed E-state index contributed by atoms with van der Waals surface area (Å²) in [6, 6.07) is 3.83. The minimum Gasteiger partial charge on any atom is -0.357 e. The number of carbonyl (C=O) groups excluding carboxylic acids is 1. The van der Waals surface area contributed by atoms with Gasteiger partial charge in [-0.1, -0.05) is 6.42 Å². The van der Waals surface area contributed by atoms with Gasteiger partial charge in [-0.2, -0.15) is 0 Å². The van der Waals surface area contributed by atoms with Gasteiger partial charge in [-0.05, 0) is 50.3 Å². The number of thiophene rings is 1. The molecule has 5 rings (SSSR count). The van der Waals surface area contributed by atoms with Crippen LogP contribution in [0.25, 0.3) is 10.2 Å². The van der Waals surface area contributed by atoms with Gasteiger partial charge in [-0.15, -0.1) is 11.3 Å². The number of aryl methyl sites for hydroxylation is 2. The van der Waals surface area contributed by atoms with E-state index in [4.69, 9.17) is 4.98 Å². The van der Waals surface area contributed by atoms with Crippen molar-refractivity contribution in [3.05, 3.63) is 44.9 Å². The highest BCUT2D eigenvalue weighted by Crippen LogP contribution is 2.29. The van der Waals surface area contributed by atoms with Crippen molar-refractivity contribution in [2.24, 2.45) is 0 Å². The van der Waals surface area contributed by atoms with Gasteiger partial charge in [-0.3, -0.25) is 14.2 Å². The number of carbonyl (C=O) groups is 1. The first-order valence-corrected chi connectivity index (χ1v) is 11.5. The lowest BCUT2D eigenvalue weighted by molar-refractivity contribution is 0.103. The normalized spacial score (nSPS) is 16.5. The summed E-state index contributed by atoms with van der Waals surface area (Å²) in [5.41, 5.74) is 1.35. The number of aromatic nitrogens is 3. The molecule has 30 heavy (non-hydrogen) atoms. The number of hydrogen-bond acceptors (Lipinski definition) is 6. The highest BCUT2D eigenvalue weighted by Gasteiger charge is 2.22. The molecule has 8 heteroatoms. The highest BCUT2D eigenvalue weighted by molar-refractivity contribution is 7.20. The zero-order valence-electron chi connectivity index (χ0n) is 17.1. The Morgan fingerprint density at radius 1 is 1.10 bits per heavy atom. The topological polar surface area (TPSA) is 80.1 Å². The molecule has 3 aromatic rings. The fraction of sp³-hybridized carbons (Fsp3) is 0.455. The maximum atomic E-state index is 13.1. The minimum absolute atomic E-state index is 0.0127. The molecule has 0 unspecified atom stereocenters. The third-order valence-corrected chi connectivity index (χ3v) is 7.24. The summed E-state index contributed by atoms with van der Waals surface area (Å²) in [6.45, 7) is 4.62. The van der Waals surface area contributed by atoms with Crippen molar-refractivity contribution in [1.82, 2.24) is 14.5 Å². The number of amides is 1. The molecular weight excluding hydrogens is 398 g/mol. The molecule has 1 saturated heterocycles. The fourth-order valence-electron chi connectivity index (χ4n) is 4.41. The Kier molecular flexibility index (Phi) is 5.02. The molecule has 0 radical (unpaired) electrons. The van der Waals surface area contributed by atoms with Crippen molar-refractivity contribution in [3.63, 3.8) is 0 Å². The summed E-state index contributed by atoms with van der Waals surface area (Å²) in [5, 5.41) is 3.51. The number of fused-ring (bicyclic) bond motifs is 2. The number of hydrogen-bond donors (Lipinski definition) is 1. The molecule has 1 fully saturated rings. The first kappa shape index (κ1) is 19.2. The number of anilines is 2. The maximum Gasteiger partial charge on any atom is 0.266 e. The molecule has 0 aliphatic carbocycles. The lowest BCUT2D eigenvalue weighted by atomic mass is 10.2. The van der Waals surface area contributed by atoms with Crippen LogP contribution in [0.2, 0.25) is 0 Å². The van der Waals surface area contributed by atoms with E-state index in [2.05, 4.69) is 15.2 Å². The first-order valence-electron chi connectivity index (χ1n) is 10.7. The monoisotopic (exact) mass is 423 g/mol. The van der Waals surface area contributed by atoms with E-state index < -0.39 is 0 Å². The third kappa shape index (κ3) is 3.39. The summed E-state index contributed by atoms with van der Waals surface area (Å²) in [5.74, 6) is 1.58. The second-order valence-corrected chi connectivity index (χ2v) is 9.08. The molecule has 0 atom stereocenters. The molecule has 2 aliphatic heterocycles. The summed E-state index contributed by atoms with van der Waals surface area (Å²) in [6.07, 6.45) is 8.08. The minimum atomic E-state index is -0.217. The van der Waals surface area contributed by atoms with Crippen LogP contribution in [-0.2, 0) is 13.0 Å². The van der Waals surface area contributed by atoms with Gasteiger partial charge < -0.3 is 10.2 Å². The molecular formula is C22H25N5O2S. The predicted octanol–water partition coefficient (Wildman–Crippen LogP) is 3.74. The Hall–Kier alpha value is -2.74. The Labute approximate surface area is 178 Å². The quantitative estimate of drug-likeness (QED) is 0.694. The summed E-state index contributed by atoms with van der Waals surface area (Å²) >= 11 is 1.30. The van der Waals surface area contributed by atoms with Crippen LogP contribution < -0.4 is 15.8 Å². The molecule has 7 nitrogen and oxygen atoms in total. The molecule has 3 aromatic heterocycles. The standard InChI is InChI=1S/C22H25N5O2S/c1-14-18-21(25-17-7-3-2-4-12-27(17)22(18)29)30-19(14)20(28)24-15-8-9-16(23-13-15)26-10-5-6-11-26/h8-9,13H,2-7,10-12H2,1H3,(H,24,28). The van der Waals surface area contributed by atoms with E-state index >= 15 is 0 Å². The molecule has 0 aromatic carbocycles. The lowest BCUT2D eigenvalue weighted by Crippen LogP contribution is -2.24. The van der Waals surface area contributed by atoms with Crippen LogP contribution in [0, 0.1) is 6.92 Å². The molecule has 156 valence electrons. The largest absolute Gasteiger partial charge is 0.357 e. The molecule has 2 aliphatic rings. The number of rotatable bonds is 3. The van der Waals surface area contributed by atoms with Crippen LogP contribution in [0.1, 0.15) is 53.2 Å².